The molecule has 1 N–H and O–H groups in total. The van der Waals surface area contributed by atoms with Crippen LogP contribution in [0, 0.1) is 5.82 Å². The van der Waals surface area contributed by atoms with Gasteiger partial charge in [0.25, 0.3) is 0 Å². The summed E-state index contributed by atoms with van der Waals surface area (Å²) in [4.78, 5) is 30.1. The maximum atomic E-state index is 13.3. The number of fused-ring (bicyclic) bond motifs is 2. The molecule has 0 unspecified atom stereocenters. The Balaban J connectivity index is 1.35. The van der Waals surface area contributed by atoms with Crippen LogP contribution in [0.2, 0.25) is 0 Å². The summed E-state index contributed by atoms with van der Waals surface area (Å²) in [6.45, 7) is 3.15. The van der Waals surface area contributed by atoms with Gasteiger partial charge in [-0.15, -0.1) is 0 Å². The van der Waals surface area contributed by atoms with Crippen LogP contribution in [0.25, 0.3) is 33.1 Å². The molecule has 6 rings (SSSR count). The van der Waals surface area contributed by atoms with Crippen molar-refractivity contribution in [3.05, 3.63) is 99.0 Å². The molecule has 0 bridgehead atoms. The number of anilines is 1. The zero-order valence-electron chi connectivity index (χ0n) is 21.1. The maximum absolute atomic E-state index is 13.3. The second-order valence-electron chi connectivity index (χ2n) is 9.48. The van der Waals surface area contributed by atoms with Crippen LogP contribution in [0.4, 0.5) is 10.1 Å². The van der Waals surface area contributed by atoms with Crippen LogP contribution in [0.15, 0.2) is 85.2 Å². The minimum Gasteiger partial charge on any atom is -0.507 e. The van der Waals surface area contributed by atoms with E-state index in [0.29, 0.717) is 66.0 Å². The normalized spacial score (nSPS) is 14.3. The van der Waals surface area contributed by atoms with Gasteiger partial charge in [-0.05, 0) is 48.5 Å². The lowest BCUT2D eigenvalue weighted by Crippen LogP contribution is -2.46. The highest BCUT2D eigenvalue weighted by Gasteiger charge is 2.23. The Morgan fingerprint density at radius 1 is 0.897 bits per heavy atom. The Kier molecular flexibility index (Phi) is 6.28. The monoisotopic (exact) mass is 528 g/mol. The molecule has 9 heteroatoms. The average Bonchev–Trinajstić information content (AvgIpc) is 2.94. The number of halogens is 1. The second kappa shape index (κ2) is 9.92. The van der Waals surface area contributed by atoms with Gasteiger partial charge in [-0.25, -0.2) is 14.0 Å². The molecule has 0 saturated carbocycles. The number of phenolic OH excluding ortho intramolecular Hbond substituents is 1. The van der Waals surface area contributed by atoms with Crippen LogP contribution in [0.3, 0.4) is 0 Å². The molecular formula is C30H25FN2O6. The highest BCUT2D eigenvalue weighted by Crippen LogP contribution is 2.35. The zero-order valence-corrected chi connectivity index (χ0v) is 21.1. The molecule has 0 aliphatic carbocycles. The molecule has 1 aliphatic heterocycles. The molecule has 1 aliphatic rings. The number of phenols is 1. The third-order valence-corrected chi connectivity index (χ3v) is 7.17. The van der Waals surface area contributed by atoms with Gasteiger partial charge in [-0.3, -0.25) is 4.90 Å². The number of ether oxygens (including phenoxy) is 1. The van der Waals surface area contributed by atoms with Crippen molar-refractivity contribution in [1.82, 2.24) is 4.90 Å². The number of hydrogen-bond acceptors (Lipinski definition) is 8. The lowest BCUT2D eigenvalue weighted by molar-refractivity contribution is 0.246. The van der Waals surface area contributed by atoms with Gasteiger partial charge in [0.2, 0.25) is 0 Å². The molecule has 198 valence electrons. The van der Waals surface area contributed by atoms with Gasteiger partial charge in [-0.2, -0.15) is 0 Å². The van der Waals surface area contributed by atoms with Crippen molar-refractivity contribution in [2.45, 2.75) is 6.54 Å². The standard InChI is InChI=1S/C30H25FN2O6/c1-37-26-4-2-3-18-15-23(30(36)39-28(18)26)22-16-27(35)38-29-21(22)9-10-25(34)24(29)17-32-11-13-33(14-12-32)20-7-5-19(31)6-8-20/h2-10,15-16,34H,11-14,17H2,1H3. The number of rotatable bonds is 5. The van der Waals surface area contributed by atoms with E-state index in [0.717, 1.165) is 5.69 Å². The SMILES string of the molecule is COc1cccc2cc(-c3cc(=O)oc4c(CN5CCN(c6ccc(F)cc6)CC5)c(O)ccc34)c(=O)oc12. The van der Waals surface area contributed by atoms with Crippen molar-refractivity contribution in [3.63, 3.8) is 0 Å². The fraction of sp³-hybridized carbons (Fsp3) is 0.200. The first-order valence-electron chi connectivity index (χ1n) is 12.5. The van der Waals surface area contributed by atoms with E-state index in [1.807, 2.05) is 0 Å². The van der Waals surface area contributed by atoms with Crippen molar-refractivity contribution < 1.29 is 23.1 Å². The number of piperazine rings is 1. The first kappa shape index (κ1) is 24.7. The first-order chi connectivity index (χ1) is 18.9. The van der Waals surface area contributed by atoms with E-state index in [1.165, 1.54) is 25.3 Å². The summed E-state index contributed by atoms with van der Waals surface area (Å²) in [5.41, 5.74) is 1.27. The van der Waals surface area contributed by atoms with Crippen LogP contribution >= 0.6 is 0 Å². The smallest absolute Gasteiger partial charge is 0.344 e. The van der Waals surface area contributed by atoms with Crippen molar-refractivity contribution in [2.75, 3.05) is 38.2 Å². The molecule has 0 radical (unpaired) electrons. The van der Waals surface area contributed by atoms with Crippen LogP contribution in [0.5, 0.6) is 11.5 Å². The molecule has 39 heavy (non-hydrogen) atoms. The lowest BCUT2D eigenvalue weighted by atomic mass is 9.99. The largest absolute Gasteiger partial charge is 0.507 e. The Labute approximate surface area is 222 Å². The summed E-state index contributed by atoms with van der Waals surface area (Å²) in [7, 11) is 1.50. The van der Waals surface area contributed by atoms with Crippen molar-refractivity contribution >= 4 is 27.6 Å². The van der Waals surface area contributed by atoms with Crippen molar-refractivity contribution in [3.8, 4) is 22.6 Å². The summed E-state index contributed by atoms with van der Waals surface area (Å²) in [5.74, 6) is 0.158. The quantitative estimate of drug-likeness (QED) is 0.327. The second-order valence-corrected chi connectivity index (χ2v) is 9.48. The summed E-state index contributed by atoms with van der Waals surface area (Å²) < 4.78 is 29.8. The van der Waals surface area contributed by atoms with E-state index in [-0.39, 0.29) is 22.7 Å². The Morgan fingerprint density at radius 3 is 2.41 bits per heavy atom. The number of benzene rings is 3. The molecule has 0 amide bonds. The van der Waals surface area contributed by atoms with Crippen molar-refractivity contribution in [2.24, 2.45) is 0 Å². The molecular weight excluding hydrogens is 503 g/mol. The highest BCUT2D eigenvalue weighted by molar-refractivity contribution is 5.97. The zero-order chi connectivity index (χ0) is 27.1. The molecule has 0 atom stereocenters. The molecule has 1 saturated heterocycles. The van der Waals surface area contributed by atoms with Gasteiger partial charge in [0.05, 0.1) is 18.2 Å². The molecule has 8 nitrogen and oxygen atoms in total. The van der Waals surface area contributed by atoms with E-state index in [9.17, 15) is 19.1 Å². The molecule has 3 heterocycles. The minimum absolute atomic E-state index is 0.000883. The van der Waals surface area contributed by atoms with Gasteiger partial charge in [0.1, 0.15) is 17.1 Å². The van der Waals surface area contributed by atoms with E-state index in [1.54, 1.807) is 48.5 Å². The highest BCUT2D eigenvalue weighted by atomic mass is 19.1. The van der Waals surface area contributed by atoms with Gasteiger partial charge in [0.15, 0.2) is 11.3 Å². The topological polar surface area (TPSA) is 96.4 Å². The van der Waals surface area contributed by atoms with E-state index >= 15 is 0 Å². The third kappa shape index (κ3) is 4.61. The summed E-state index contributed by atoms with van der Waals surface area (Å²) in [6.07, 6.45) is 0. The van der Waals surface area contributed by atoms with E-state index < -0.39 is 11.3 Å². The van der Waals surface area contributed by atoms with Crippen LogP contribution in [-0.2, 0) is 6.54 Å². The molecule has 2 aromatic heterocycles. The Morgan fingerprint density at radius 2 is 1.67 bits per heavy atom. The minimum atomic E-state index is -0.643. The molecule has 5 aromatic rings. The third-order valence-electron chi connectivity index (χ3n) is 7.17. The van der Waals surface area contributed by atoms with E-state index in [2.05, 4.69) is 9.80 Å². The predicted molar refractivity (Wildman–Crippen MR) is 146 cm³/mol. The fourth-order valence-electron chi connectivity index (χ4n) is 5.15. The molecule has 3 aromatic carbocycles. The molecule has 0 spiro atoms. The number of hydrogen-bond donors (Lipinski definition) is 1. The Bertz CT molecular complexity index is 1800. The van der Waals surface area contributed by atoms with Gasteiger partial charge >= 0.3 is 11.3 Å². The number of para-hydroxylation sites is 1. The Hall–Kier alpha value is -4.63. The lowest BCUT2D eigenvalue weighted by Gasteiger charge is -2.36. The van der Waals surface area contributed by atoms with Crippen LogP contribution in [-0.4, -0.2) is 43.3 Å². The number of aromatic hydroxyl groups is 1. The fourth-order valence-corrected chi connectivity index (χ4v) is 5.15. The summed E-state index contributed by atoms with van der Waals surface area (Å²) in [6, 6.07) is 17.8. The van der Waals surface area contributed by atoms with Crippen molar-refractivity contribution in [1.29, 1.82) is 0 Å². The first-order valence-corrected chi connectivity index (χ1v) is 12.5. The van der Waals surface area contributed by atoms with Crippen LogP contribution in [0.1, 0.15) is 5.56 Å². The summed E-state index contributed by atoms with van der Waals surface area (Å²) in [5, 5.41) is 11.9. The van der Waals surface area contributed by atoms with Gasteiger partial charge in [-0.1, -0.05) is 12.1 Å². The van der Waals surface area contributed by atoms with Crippen LogP contribution < -0.4 is 20.9 Å². The van der Waals surface area contributed by atoms with E-state index in [4.69, 9.17) is 13.6 Å². The summed E-state index contributed by atoms with van der Waals surface area (Å²) >= 11 is 0. The maximum Gasteiger partial charge on any atom is 0.344 e. The molecule has 1 fully saturated rings. The predicted octanol–water partition coefficient (Wildman–Crippen LogP) is 4.74. The average molecular weight is 529 g/mol. The number of methoxy groups -OCH3 is 1. The number of nitrogens with zero attached hydrogens (tertiary/aromatic N) is 2. The van der Waals surface area contributed by atoms with Gasteiger partial charge < -0.3 is 23.6 Å². The van der Waals surface area contributed by atoms with Gasteiger partial charge in [0, 0.05) is 60.8 Å².